The van der Waals surface area contributed by atoms with Crippen LogP contribution in [0.5, 0.6) is 0 Å². The van der Waals surface area contributed by atoms with Gasteiger partial charge >= 0.3 is 0 Å². The van der Waals surface area contributed by atoms with E-state index in [0.29, 0.717) is 0 Å². The highest BCUT2D eigenvalue weighted by atomic mass is 31.2. The van der Waals surface area contributed by atoms with Gasteiger partial charge in [0, 0.05) is 12.7 Å². The molecule has 0 radical (unpaired) electrons. The third-order valence-electron chi connectivity index (χ3n) is 6.08. The first-order valence-electron chi connectivity index (χ1n) is 11.3. The van der Waals surface area contributed by atoms with Crippen LogP contribution in [0.2, 0.25) is 0 Å². The quantitative estimate of drug-likeness (QED) is 0.289. The minimum absolute atomic E-state index is 0.00874. The highest BCUT2D eigenvalue weighted by molar-refractivity contribution is 7.58. The molecule has 0 aliphatic heterocycles. The number of carbonyl (C=O) groups excluding carboxylic acids is 2. The van der Waals surface area contributed by atoms with Gasteiger partial charge in [0.1, 0.15) is 6.04 Å². The summed E-state index contributed by atoms with van der Waals surface area (Å²) in [6.07, 6.45) is 4.92. The SMILES string of the molecule is CCC(C)C(N)C(=O)N[C@H](C(=O)NC[C@H](O)CP(=O)(O)CC1CCCCC1)C(C)C. The van der Waals surface area contributed by atoms with Crippen LogP contribution in [-0.4, -0.2) is 58.9 Å². The molecule has 3 unspecified atom stereocenters. The number of aliphatic hydroxyl groups is 1. The Labute approximate surface area is 181 Å². The normalized spacial score (nSPS) is 21.3. The summed E-state index contributed by atoms with van der Waals surface area (Å²) in [5, 5.41) is 15.5. The number of amides is 2. The molecular weight excluding hydrogens is 405 g/mol. The molecule has 0 heterocycles. The molecule has 0 spiro atoms. The largest absolute Gasteiger partial charge is 0.391 e. The highest BCUT2D eigenvalue weighted by Gasteiger charge is 2.30. The molecule has 1 saturated carbocycles. The number of hydrogen-bond acceptors (Lipinski definition) is 5. The predicted molar refractivity (Wildman–Crippen MR) is 119 cm³/mol. The van der Waals surface area contributed by atoms with E-state index < -0.39 is 31.5 Å². The number of carbonyl (C=O) groups is 2. The molecule has 0 bridgehead atoms. The lowest BCUT2D eigenvalue weighted by Gasteiger charge is -2.27. The van der Waals surface area contributed by atoms with Crippen molar-refractivity contribution in [2.75, 3.05) is 18.9 Å². The summed E-state index contributed by atoms with van der Waals surface area (Å²) in [6.45, 7) is 7.31. The number of aliphatic hydroxyl groups excluding tert-OH is 1. The first-order chi connectivity index (χ1) is 14.0. The van der Waals surface area contributed by atoms with E-state index in [-0.39, 0.29) is 42.5 Å². The molecule has 5 atom stereocenters. The van der Waals surface area contributed by atoms with E-state index in [1.54, 1.807) is 0 Å². The third-order valence-corrected chi connectivity index (χ3v) is 8.16. The van der Waals surface area contributed by atoms with Crippen molar-refractivity contribution in [1.82, 2.24) is 10.6 Å². The van der Waals surface area contributed by atoms with Gasteiger partial charge < -0.3 is 26.4 Å². The fourth-order valence-corrected chi connectivity index (χ4v) is 5.98. The summed E-state index contributed by atoms with van der Waals surface area (Å²) in [5.41, 5.74) is 5.95. The van der Waals surface area contributed by atoms with Crippen LogP contribution in [0.4, 0.5) is 0 Å². The second-order valence-electron chi connectivity index (χ2n) is 9.26. The van der Waals surface area contributed by atoms with Gasteiger partial charge in [0.2, 0.25) is 19.2 Å². The van der Waals surface area contributed by atoms with Crippen LogP contribution in [0.25, 0.3) is 0 Å². The Hall–Kier alpha value is -0.950. The van der Waals surface area contributed by atoms with Crippen LogP contribution in [-0.2, 0) is 14.2 Å². The molecule has 1 aliphatic rings. The van der Waals surface area contributed by atoms with Crippen molar-refractivity contribution in [2.24, 2.45) is 23.5 Å². The molecule has 176 valence electrons. The summed E-state index contributed by atoms with van der Waals surface area (Å²) < 4.78 is 12.5. The summed E-state index contributed by atoms with van der Waals surface area (Å²) >= 11 is 0. The highest BCUT2D eigenvalue weighted by Crippen LogP contribution is 2.45. The maximum Gasteiger partial charge on any atom is 0.242 e. The second kappa shape index (κ2) is 12.8. The van der Waals surface area contributed by atoms with E-state index >= 15 is 0 Å². The van der Waals surface area contributed by atoms with Crippen LogP contribution >= 0.6 is 7.37 Å². The van der Waals surface area contributed by atoms with E-state index in [0.717, 1.165) is 32.1 Å². The van der Waals surface area contributed by atoms with Gasteiger partial charge in [-0.05, 0) is 30.6 Å². The first kappa shape index (κ1) is 27.1. The lowest BCUT2D eigenvalue weighted by molar-refractivity contribution is -0.131. The molecule has 0 aromatic carbocycles. The zero-order valence-corrected chi connectivity index (χ0v) is 19.9. The smallest absolute Gasteiger partial charge is 0.242 e. The number of hydrogen-bond donors (Lipinski definition) is 5. The van der Waals surface area contributed by atoms with Crippen molar-refractivity contribution in [3.63, 3.8) is 0 Å². The van der Waals surface area contributed by atoms with E-state index in [1.807, 2.05) is 27.7 Å². The van der Waals surface area contributed by atoms with E-state index in [9.17, 15) is 24.2 Å². The lowest BCUT2D eigenvalue weighted by atomic mass is 9.91. The average Bonchev–Trinajstić information content (AvgIpc) is 2.68. The molecular formula is C21H42N3O5P. The lowest BCUT2D eigenvalue weighted by Crippen LogP contribution is -2.55. The van der Waals surface area contributed by atoms with Gasteiger partial charge in [-0.15, -0.1) is 0 Å². The van der Waals surface area contributed by atoms with E-state index in [4.69, 9.17) is 5.73 Å². The number of nitrogens with one attached hydrogen (secondary N) is 2. The molecule has 0 aromatic heterocycles. The van der Waals surface area contributed by atoms with E-state index in [1.165, 1.54) is 6.42 Å². The maximum absolute atomic E-state index is 12.6. The average molecular weight is 448 g/mol. The molecule has 1 aliphatic carbocycles. The minimum Gasteiger partial charge on any atom is -0.391 e. The van der Waals surface area contributed by atoms with Gasteiger partial charge in [-0.25, -0.2) is 0 Å². The van der Waals surface area contributed by atoms with Crippen LogP contribution in [0.3, 0.4) is 0 Å². The van der Waals surface area contributed by atoms with Crippen molar-refractivity contribution >= 4 is 19.2 Å². The Morgan fingerprint density at radius 1 is 1.13 bits per heavy atom. The Morgan fingerprint density at radius 3 is 2.27 bits per heavy atom. The predicted octanol–water partition coefficient (Wildman–Crippen LogP) is 1.83. The van der Waals surface area contributed by atoms with Crippen molar-refractivity contribution < 1.29 is 24.2 Å². The van der Waals surface area contributed by atoms with Crippen LogP contribution < -0.4 is 16.4 Å². The molecule has 2 amide bonds. The molecule has 9 heteroatoms. The molecule has 0 aromatic rings. The van der Waals surface area contributed by atoms with Gasteiger partial charge in [0.05, 0.1) is 18.3 Å². The maximum atomic E-state index is 12.6. The Balaban J connectivity index is 2.53. The monoisotopic (exact) mass is 447 g/mol. The van der Waals surface area contributed by atoms with Crippen molar-refractivity contribution in [3.05, 3.63) is 0 Å². The zero-order chi connectivity index (χ0) is 22.9. The molecule has 1 fully saturated rings. The molecule has 8 nitrogen and oxygen atoms in total. The third kappa shape index (κ3) is 9.46. The fraction of sp³-hybridized carbons (Fsp3) is 0.905. The summed E-state index contributed by atoms with van der Waals surface area (Å²) in [7, 11) is -3.46. The summed E-state index contributed by atoms with van der Waals surface area (Å²) in [6, 6.07) is -1.49. The number of nitrogens with two attached hydrogens (primary N) is 1. The second-order valence-corrected chi connectivity index (χ2v) is 11.7. The van der Waals surface area contributed by atoms with Crippen LogP contribution in [0.15, 0.2) is 0 Å². The van der Waals surface area contributed by atoms with Crippen molar-refractivity contribution in [1.29, 1.82) is 0 Å². The summed E-state index contributed by atoms with van der Waals surface area (Å²) in [5.74, 6) is -0.762. The Morgan fingerprint density at radius 2 is 1.73 bits per heavy atom. The minimum atomic E-state index is -3.46. The fourth-order valence-electron chi connectivity index (χ4n) is 3.87. The van der Waals surface area contributed by atoms with Gasteiger partial charge in [-0.2, -0.15) is 0 Å². The Bertz CT molecular complexity index is 595. The molecule has 0 saturated heterocycles. The zero-order valence-electron chi connectivity index (χ0n) is 19.0. The Kier molecular flexibility index (Phi) is 11.6. The van der Waals surface area contributed by atoms with Crippen LogP contribution in [0.1, 0.15) is 66.2 Å². The van der Waals surface area contributed by atoms with Crippen LogP contribution in [0, 0.1) is 17.8 Å². The van der Waals surface area contributed by atoms with Gasteiger partial charge in [-0.3, -0.25) is 14.2 Å². The first-order valence-corrected chi connectivity index (χ1v) is 13.3. The summed E-state index contributed by atoms with van der Waals surface area (Å²) in [4.78, 5) is 35.2. The molecule has 6 N–H and O–H groups in total. The topological polar surface area (TPSA) is 142 Å². The van der Waals surface area contributed by atoms with Gasteiger partial charge in [-0.1, -0.05) is 53.4 Å². The number of rotatable bonds is 12. The van der Waals surface area contributed by atoms with Crippen molar-refractivity contribution in [2.45, 2.75) is 84.4 Å². The van der Waals surface area contributed by atoms with Gasteiger partial charge in [0.15, 0.2) is 0 Å². The standard InChI is InChI=1S/C21H42N3O5P/c1-5-15(4)18(22)20(26)24-19(14(2)3)21(27)23-11-17(25)13-30(28,29)12-16-9-7-6-8-10-16/h14-19,25H,5-13,22H2,1-4H3,(H,23,27)(H,24,26)(H,28,29)/t15?,17-,18?,19-/m0/s1. The van der Waals surface area contributed by atoms with E-state index in [2.05, 4.69) is 10.6 Å². The molecule has 30 heavy (non-hydrogen) atoms. The molecule has 1 rings (SSSR count). The van der Waals surface area contributed by atoms with Gasteiger partial charge in [0.25, 0.3) is 0 Å². The van der Waals surface area contributed by atoms with Crippen molar-refractivity contribution in [3.8, 4) is 0 Å².